The zero-order valence-corrected chi connectivity index (χ0v) is 25.1. The van der Waals surface area contributed by atoms with Crippen molar-refractivity contribution in [2.45, 2.75) is 30.4 Å². The van der Waals surface area contributed by atoms with E-state index in [-0.39, 0.29) is 49.1 Å². The third-order valence-electron chi connectivity index (χ3n) is 5.38. The Balaban J connectivity index is 1.87. The van der Waals surface area contributed by atoms with Crippen LogP contribution in [0.15, 0.2) is 47.4 Å². The van der Waals surface area contributed by atoms with Crippen molar-refractivity contribution in [3.8, 4) is 11.5 Å². The summed E-state index contributed by atoms with van der Waals surface area (Å²) >= 11 is 30.5. The second kappa shape index (κ2) is 12.8. The summed E-state index contributed by atoms with van der Waals surface area (Å²) in [5.41, 5.74) is -0.575. The summed E-state index contributed by atoms with van der Waals surface area (Å²) < 4.78 is 31.0. The normalized spacial score (nSPS) is 12.0. The van der Waals surface area contributed by atoms with Crippen LogP contribution in [0.2, 0.25) is 25.1 Å². The highest BCUT2D eigenvalue weighted by Crippen LogP contribution is 2.43. The molecule has 0 aliphatic rings. The highest BCUT2D eigenvalue weighted by atomic mass is 35.5. The van der Waals surface area contributed by atoms with Crippen molar-refractivity contribution in [3.05, 3.63) is 73.1 Å². The molecular formula is C25H19Cl5N2O7S. The Hall–Kier alpha value is -2.73. The van der Waals surface area contributed by atoms with Gasteiger partial charge in [-0.15, -0.1) is 0 Å². The van der Waals surface area contributed by atoms with Gasteiger partial charge in [0.2, 0.25) is 5.91 Å². The first-order chi connectivity index (χ1) is 18.7. The zero-order valence-electron chi connectivity index (χ0n) is 20.5. The average molecular weight is 669 g/mol. The zero-order chi connectivity index (χ0) is 29.9. The molecule has 212 valence electrons. The van der Waals surface area contributed by atoms with Gasteiger partial charge in [0.05, 0.1) is 31.3 Å². The molecule has 2 amide bonds. The van der Waals surface area contributed by atoms with Crippen LogP contribution in [0, 0.1) is 0 Å². The molecule has 0 aliphatic heterocycles. The smallest absolute Gasteiger partial charge is 0.308 e. The summed E-state index contributed by atoms with van der Waals surface area (Å²) in [5.74, 6) is -3.22. The first-order valence-corrected chi connectivity index (χ1v) is 14.6. The van der Waals surface area contributed by atoms with Crippen molar-refractivity contribution in [2.24, 2.45) is 0 Å². The molecular weight excluding hydrogens is 650 g/mol. The van der Waals surface area contributed by atoms with Crippen molar-refractivity contribution in [2.75, 3.05) is 10.6 Å². The lowest BCUT2D eigenvalue weighted by Gasteiger charge is -2.19. The van der Waals surface area contributed by atoms with E-state index in [4.69, 9.17) is 62.7 Å². The number of nitrogens with one attached hydrogen (secondary N) is 2. The average Bonchev–Trinajstić information content (AvgIpc) is 2.87. The molecule has 3 aromatic carbocycles. The van der Waals surface area contributed by atoms with Gasteiger partial charge in [0.15, 0.2) is 21.3 Å². The summed E-state index contributed by atoms with van der Waals surface area (Å²) in [6.45, 7) is 2.66. The number of ether oxygens (including phenoxy) is 1. The molecule has 0 bridgehead atoms. The van der Waals surface area contributed by atoms with E-state index in [0.717, 1.165) is 13.0 Å². The van der Waals surface area contributed by atoms with Gasteiger partial charge in [0.25, 0.3) is 5.91 Å². The Morgan fingerprint density at radius 3 is 2.02 bits per heavy atom. The molecule has 15 heteroatoms. The molecule has 0 saturated carbocycles. The van der Waals surface area contributed by atoms with Crippen LogP contribution in [0.5, 0.6) is 11.5 Å². The largest absolute Gasteiger partial charge is 0.504 e. The number of halogens is 5. The summed E-state index contributed by atoms with van der Waals surface area (Å²) in [5, 5.41) is 13.2. The third kappa shape index (κ3) is 6.94. The van der Waals surface area contributed by atoms with Crippen LogP contribution < -0.4 is 15.4 Å². The first kappa shape index (κ1) is 31.8. The SMILES string of the molecule is CCC(C(=O)Nc1c(Cl)cc(NC(=O)c2cc(Cl)c(OC(C)=O)c(Cl)c2)c(O)c1Cl)S(=O)(=O)c1ccc(Cl)cc1. The number of esters is 1. The van der Waals surface area contributed by atoms with Crippen LogP contribution >= 0.6 is 58.0 Å². The fourth-order valence-corrected chi connectivity index (χ4v) is 6.35. The Morgan fingerprint density at radius 1 is 0.925 bits per heavy atom. The molecule has 40 heavy (non-hydrogen) atoms. The van der Waals surface area contributed by atoms with E-state index < -0.39 is 43.6 Å². The Morgan fingerprint density at radius 2 is 1.50 bits per heavy atom. The summed E-state index contributed by atoms with van der Waals surface area (Å²) in [7, 11) is -4.12. The molecule has 1 atom stereocenters. The number of amides is 2. The van der Waals surface area contributed by atoms with Gasteiger partial charge in [-0.1, -0.05) is 64.9 Å². The van der Waals surface area contributed by atoms with Crippen LogP contribution in [0.1, 0.15) is 30.6 Å². The minimum absolute atomic E-state index is 0.0619. The predicted molar refractivity (Wildman–Crippen MR) is 155 cm³/mol. The van der Waals surface area contributed by atoms with Gasteiger partial charge in [-0.25, -0.2) is 8.42 Å². The number of aromatic hydroxyl groups is 1. The number of anilines is 2. The topological polar surface area (TPSA) is 139 Å². The number of benzene rings is 3. The number of rotatable bonds is 8. The molecule has 1 unspecified atom stereocenters. The monoisotopic (exact) mass is 666 g/mol. The van der Waals surface area contributed by atoms with Crippen LogP contribution in [0.25, 0.3) is 0 Å². The number of carbonyl (C=O) groups is 3. The summed E-state index contributed by atoms with van der Waals surface area (Å²) in [6, 6.07) is 8.79. The molecule has 0 fully saturated rings. The third-order valence-corrected chi connectivity index (χ3v) is 9.08. The molecule has 0 radical (unpaired) electrons. The van der Waals surface area contributed by atoms with E-state index in [1.165, 1.54) is 43.3 Å². The predicted octanol–water partition coefficient (Wildman–Crippen LogP) is 7.03. The van der Waals surface area contributed by atoms with E-state index in [2.05, 4.69) is 10.6 Å². The molecule has 0 heterocycles. The molecule has 3 aromatic rings. The molecule has 9 nitrogen and oxygen atoms in total. The van der Waals surface area contributed by atoms with Crippen molar-refractivity contribution in [1.82, 2.24) is 0 Å². The van der Waals surface area contributed by atoms with E-state index in [9.17, 15) is 27.9 Å². The lowest BCUT2D eigenvalue weighted by Crippen LogP contribution is -2.35. The maximum Gasteiger partial charge on any atom is 0.308 e. The van der Waals surface area contributed by atoms with Crippen LogP contribution in [-0.4, -0.2) is 36.6 Å². The van der Waals surface area contributed by atoms with Gasteiger partial charge < -0.3 is 20.5 Å². The van der Waals surface area contributed by atoms with E-state index >= 15 is 0 Å². The Kier molecular flexibility index (Phi) is 10.2. The van der Waals surface area contributed by atoms with Crippen molar-refractivity contribution in [3.63, 3.8) is 0 Å². The van der Waals surface area contributed by atoms with Gasteiger partial charge >= 0.3 is 5.97 Å². The molecule has 0 aliphatic carbocycles. The maximum atomic E-state index is 13.1. The van der Waals surface area contributed by atoms with E-state index in [1.54, 1.807) is 0 Å². The maximum absolute atomic E-state index is 13.1. The number of hydrogen-bond donors (Lipinski definition) is 3. The van der Waals surface area contributed by atoms with Gasteiger partial charge in [-0.2, -0.15) is 0 Å². The highest BCUT2D eigenvalue weighted by molar-refractivity contribution is 7.92. The minimum Gasteiger partial charge on any atom is -0.504 e. The number of hydrogen-bond acceptors (Lipinski definition) is 7. The first-order valence-electron chi connectivity index (χ1n) is 11.2. The van der Waals surface area contributed by atoms with Crippen molar-refractivity contribution >= 4 is 97.0 Å². The standard InChI is InChI=1S/C25H19Cl5N2O7S/c1-3-19(40(37,38)14-6-4-13(26)5-7-14)25(36)32-21-15(27)10-18(22(34)20(21)30)31-24(35)12-8-16(28)23(17(29)9-12)39-11(2)33/h4-10,19,34H,3H2,1-2H3,(H,31,35)(H,32,36). The molecule has 0 spiro atoms. The summed E-state index contributed by atoms with van der Waals surface area (Å²) in [6.07, 6.45) is -0.0898. The van der Waals surface area contributed by atoms with E-state index in [1.807, 2.05) is 0 Å². The van der Waals surface area contributed by atoms with Crippen LogP contribution in [-0.2, 0) is 19.4 Å². The molecule has 0 aromatic heterocycles. The number of sulfone groups is 1. The highest BCUT2D eigenvalue weighted by Gasteiger charge is 2.33. The second-order valence-electron chi connectivity index (χ2n) is 8.15. The van der Waals surface area contributed by atoms with E-state index in [0.29, 0.717) is 5.02 Å². The van der Waals surface area contributed by atoms with Gasteiger partial charge in [-0.3, -0.25) is 14.4 Å². The summed E-state index contributed by atoms with van der Waals surface area (Å²) in [4.78, 5) is 36.9. The van der Waals surface area contributed by atoms with Crippen LogP contribution in [0.4, 0.5) is 11.4 Å². The molecule has 0 saturated heterocycles. The Bertz CT molecular complexity index is 1590. The fraction of sp³-hybridized carbons (Fsp3) is 0.160. The number of phenolic OH excluding ortho intramolecular Hbond substituents is 1. The van der Waals surface area contributed by atoms with Crippen molar-refractivity contribution < 1.29 is 32.6 Å². The number of carbonyl (C=O) groups excluding carboxylic acids is 3. The van der Waals surface area contributed by atoms with Gasteiger partial charge in [0.1, 0.15) is 10.3 Å². The fourth-order valence-electron chi connectivity index (χ4n) is 3.48. The second-order valence-corrected chi connectivity index (χ2v) is 12.3. The lowest BCUT2D eigenvalue weighted by molar-refractivity contribution is -0.131. The van der Waals surface area contributed by atoms with Gasteiger partial charge in [-0.05, 0) is 48.9 Å². The van der Waals surface area contributed by atoms with Crippen molar-refractivity contribution in [1.29, 1.82) is 0 Å². The molecule has 3 N–H and O–H groups in total. The minimum atomic E-state index is -4.12. The van der Waals surface area contributed by atoms with Gasteiger partial charge in [0, 0.05) is 17.5 Å². The number of phenols is 1. The Labute approximate surface area is 254 Å². The lowest BCUT2D eigenvalue weighted by atomic mass is 10.2. The quantitative estimate of drug-likeness (QED) is 0.133. The molecule has 3 rings (SSSR count). The van der Waals surface area contributed by atoms with Crippen LogP contribution in [0.3, 0.4) is 0 Å².